The predicted molar refractivity (Wildman–Crippen MR) is 61.3 cm³/mol. The minimum Gasteiger partial charge on any atom is -0.506 e. The number of benzene rings is 1. The van der Waals surface area contributed by atoms with E-state index >= 15 is 0 Å². The fourth-order valence-electron chi connectivity index (χ4n) is 2.11. The van der Waals surface area contributed by atoms with Gasteiger partial charge in [0.15, 0.2) is 11.5 Å². The van der Waals surface area contributed by atoms with Crippen LogP contribution in [0.4, 0.5) is 0 Å². The predicted octanol–water partition coefficient (Wildman–Crippen LogP) is 1.92. The zero-order valence-electron chi connectivity index (χ0n) is 8.70. The molecule has 4 nitrogen and oxygen atoms in total. The average Bonchev–Trinajstić information content (AvgIpc) is 2.28. The molecule has 5 heteroatoms. The number of hydrogen-bond donors (Lipinski definition) is 4. The molecule has 1 aromatic rings. The van der Waals surface area contributed by atoms with Crippen molar-refractivity contribution < 1.29 is 15.3 Å². The molecule has 88 valence electrons. The van der Waals surface area contributed by atoms with E-state index in [2.05, 4.69) is 5.32 Å². The molecule has 1 fully saturated rings. The van der Waals surface area contributed by atoms with Gasteiger partial charge >= 0.3 is 0 Å². The molecule has 1 unspecified atom stereocenters. The summed E-state index contributed by atoms with van der Waals surface area (Å²) in [5, 5.41) is 32.1. The van der Waals surface area contributed by atoms with Crippen molar-refractivity contribution in [3.8, 4) is 17.2 Å². The minimum absolute atomic E-state index is 0.0271. The number of piperidine rings is 1. The van der Waals surface area contributed by atoms with Crippen molar-refractivity contribution in [2.75, 3.05) is 13.1 Å². The molecule has 2 rings (SSSR count). The maximum absolute atomic E-state index is 9.78. The second-order valence-electron chi connectivity index (χ2n) is 4.03. The lowest BCUT2D eigenvalue weighted by molar-refractivity contribution is 0.378. The molecule has 0 radical (unpaired) electrons. The Hall–Kier alpha value is -1.13. The quantitative estimate of drug-likeness (QED) is 0.449. The van der Waals surface area contributed by atoms with Crippen LogP contribution in [0.2, 0.25) is 5.02 Å². The maximum atomic E-state index is 9.78. The van der Waals surface area contributed by atoms with Crippen LogP contribution >= 0.6 is 11.6 Å². The van der Waals surface area contributed by atoms with Gasteiger partial charge in [-0.2, -0.15) is 0 Å². The van der Waals surface area contributed by atoms with Crippen molar-refractivity contribution in [2.24, 2.45) is 0 Å². The van der Waals surface area contributed by atoms with Crippen LogP contribution in [-0.2, 0) is 0 Å². The van der Waals surface area contributed by atoms with E-state index < -0.39 is 0 Å². The maximum Gasteiger partial charge on any atom is 0.162 e. The minimum atomic E-state index is -0.331. The number of phenols is 3. The highest BCUT2D eigenvalue weighted by Crippen LogP contribution is 2.45. The van der Waals surface area contributed by atoms with Crippen molar-refractivity contribution in [3.05, 3.63) is 16.7 Å². The summed E-state index contributed by atoms with van der Waals surface area (Å²) in [6, 6.07) is 1.05. The molecule has 1 heterocycles. The Labute approximate surface area is 98.5 Å². The van der Waals surface area contributed by atoms with Crippen LogP contribution in [0.3, 0.4) is 0 Å². The van der Waals surface area contributed by atoms with Crippen LogP contribution in [0.25, 0.3) is 0 Å². The summed E-state index contributed by atoms with van der Waals surface area (Å²) in [4.78, 5) is 0. The molecule has 1 aliphatic rings. The SMILES string of the molecule is Oc1cc(O)c(Cl)c(C2CCCNC2)c1O. The van der Waals surface area contributed by atoms with Crippen LogP contribution in [0.1, 0.15) is 24.3 Å². The van der Waals surface area contributed by atoms with Gasteiger partial charge in [0.2, 0.25) is 0 Å². The number of phenolic OH excluding ortho intramolecular Hbond substituents is 3. The van der Waals surface area contributed by atoms with Crippen LogP contribution < -0.4 is 5.32 Å². The van der Waals surface area contributed by atoms with Crippen LogP contribution in [-0.4, -0.2) is 28.4 Å². The fraction of sp³-hybridized carbons (Fsp3) is 0.455. The number of rotatable bonds is 1. The molecule has 0 saturated carbocycles. The zero-order chi connectivity index (χ0) is 11.7. The smallest absolute Gasteiger partial charge is 0.162 e. The summed E-state index contributed by atoms with van der Waals surface area (Å²) in [6.07, 6.45) is 1.86. The van der Waals surface area contributed by atoms with Crippen LogP contribution in [0.15, 0.2) is 6.07 Å². The number of halogens is 1. The fourth-order valence-corrected chi connectivity index (χ4v) is 2.41. The highest BCUT2D eigenvalue weighted by atomic mass is 35.5. The molecule has 16 heavy (non-hydrogen) atoms. The van der Waals surface area contributed by atoms with E-state index in [0.29, 0.717) is 12.1 Å². The van der Waals surface area contributed by atoms with Crippen LogP contribution in [0.5, 0.6) is 17.2 Å². The van der Waals surface area contributed by atoms with Crippen molar-refractivity contribution >= 4 is 11.6 Å². The summed E-state index contributed by atoms with van der Waals surface area (Å²) in [5.74, 6) is -0.726. The standard InChI is InChI=1S/C11H14ClNO3/c12-10-7(14)4-8(15)11(16)9(10)6-2-1-3-13-5-6/h4,6,13-16H,1-3,5H2. The molecular weight excluding hydrogens is 230 g/mol. The molecule has 1 saturated heterocycles. The molecule has 4 N–H and O–H groups in total. The Morgan fingerprint density at radius 3 is 2.62 bits per heavy atom. The largest absolute Gasteiger partial charge is 0.506 e. The van der Waals surface area contributed by atoms with Gasteiger partial charge < -0.3 is 20.6 Å². The van der Waals surface area contributed by atoms with Gasteiger partial charge in [0.25, 0.3) is 0 Å². The van der Waals surface area contributed by atoms with E-state index in [1.165, 1.54) is 0 Å². The van der Waals surface area contributed by atoms with Gasteiger partial charge in [-0.15, -0.1) is 0 Å². The number of nitrogens with one attached hydrogen (secondary N) is 1. The molecule has 0 aliphatic carbocycles. The molecule has 1 aliphatic heterocycles. The summed E-state index contributed by atoms with van der Waals surface area (Å²) in [5.41, 5.74) is 0.436. The average molecular weight is 244 g/mol. The van der Waals surface area contributed by atoms with E-state index in [9.17, 15) is 15.3 Å². The van der Waals surface area contributed by atoms with Gasteiger partial charge in [0.05, 0.1) is 5.02 Å². The van der Waals surface area contributed by atoms with Gasteiger partial charge in [-0.05, 0) is 19.4 Å². The Balaban J connectivity index is 2.45. The molecule has 0 spiro atoms. The molecule has 0 amide bonds. The van der Waals surface area contributed by atoms with Crippen molar-refractivity contribution in [2.45, 2.75) is 18.8 Å². The van der Waals surface area contributed by atoms with Gasteiger partial charge in [-0.1, -0.05) is 11.6 Å². The molecule has 0 bridgehead atoms. The third kappa shape index (κ3) is 1.90. The summed E-state index contributed by atoms with van der Waals surface area (Å²) in [7, 11) is 0. The van der Waals surface area contributed by atoms with Gasteiger partial charge in [-0.25, -0.2) is 0 Å². The van der Waals surface area contributed by atoms with Crippen LogP contribution in [0, 0.1) is 0 Å². The highest BCUT2D eigenvalue weighted by molar-refractivity contribution is 6.33. The van der Waals surface area contributed by atoms with Gasteiger partial charge in [0, 0.05) is 24.1 Å². The Morgan fingerprint density at radius 2 is 2.00 bits per heavy atom. The lowest BCUT2D eigenvalue weighted by atomic mass is 9.90. The van der Waals surface area contributed by atoms with E-state index in [1.54, 1.807) is 0 Å². The van der Waals surface area contributed by atoms with Crippen molar-refractivity contribution in [1.29, 1.82) is 0 Å². The first-order valence-electron chi connectivity index (χ1n) is 5.25. The number of hydrogen-bond acceptors (Lipinski definition) is 4. The van der Waals surface area contributed by atoms with E-state index in [4.69, 9.17) is 11.6 Å². The lowest BCUT2D eigenvalue weighted by Gasteiger charge is -2.25. The Kier molecular flexibility index (Phi) is 3.12. The topological polar surface area (TPSA) is 72.7 Å². The summed E-state index contributed by atoms with van der Waals surface area (Å²) < 4.78 is 0. The Bertz CT molecular complexity index is 376. The van der Waals surface area contributed by atoms with Crippen molar-refractivity contribution in [1.82, 2.24) is 5.32 Å². The second-order valence-corrected chi connectivity index (χ2v) is 4.41. The summed E-state index contributed by atoms with van der Waals surface area (Å²) in [6.45, 7) is 1.63. The third-order valence-electron chi connectivity index (χ3n) is 2.94. The van der Waals surface area contributed by atoms with E-state index in [0.717, 1.165) is 25.5 Å². The van der Waals surface area contributed by atoms with E-state index in [1.807, 2.05) is 0 Å². The Morgan fingerprint density at radius 1 is 1.25 bits per heavy atom. The number of aromatic hydroxyl groups is 3. The molecule has 0 aromatic heterocycles. The first-order chi connectivity index (χ1) is 7.61. The molecular formula is C11H14ClNO3. The third-order valence-corrected chi connectivity index (χ3v) is 3.33. The van der Waals surface area contributed by atoms with Gasteiger partial charge in [-0.3, -0.25) is 0 Å². The molecule has 1 atom stereocenters. The van der Waals surface area contributed by atoms with Gasteiger partial charge in [0.1, 0.15) is 5.75 Å². The zero-order valence-corrected chi connectivity index (χ0v) is 9.46. The monoisotopic (exact) mass is 243 g/mol. The summed E-state index contributed by atoms with van der Waals surface area (Å²) >= 11 is 5.95. The lowest BCUT2D eigenvalue weighted by Crippen LogP contribution is -2.28. The first kappa shape index (κ1) is 11.4. The van der Waals surface area contributed by atoms with E-state index in [-0.39, 0.29) is 28.2 Å². The first-order valence-corrected chi connectivity index (χ1v) is 5.63. The normalized spacial score (nSPS) is 20.9. The van der Waals surface area contributed by atoms with Crippen molar-refractivity contribution in [3.63, 3.8) is 0 Å². The second kappa shape index (κ2) is 4.39. The highest BCUT2D eigenvalue weighted by Gasteiger charge is 2.25. The molecule has 1 aromatic carbocycles.